The van der Waals surface area contributed by atoms with Crippen LogP contribution in [-0.2, 0) is 9.59 Å². The molecule has 2 aromatic carbocycles. The van der Waals surface area contributed by atoms with Crippen molar-refractivity contribution in [2.45, 2.75) is 26.2 Å². The van der Waals surface area contributed by atoms with Crippen LogP contribution in [0.25, 0.3) is 0 Å². The van der Waals surface area contributed by atoms with Gasteiger partial charge in [0.2, 0.25) is 11.8 Å². The summed E-state index contributed by atoms with van der Waals surface area (Å²) in [7, 11) is 0. The Hall–Kier alpha value is -2.62. The summed E-state index contributed by atoms with van der Waals surface area (Å²) in [6, 6.07) is 15.1. The van der Waals surface area contributed by atoms with Crippen molar-refractivity contribution >= 4 is 17.5 Å². The number of fused-ring (bicyclic) bond motifs is 5. The van der Waals surface area contributed by atoms with Crippen molar-refractivity contribution in [2.75, 3.05) is 4.90 Å². The van der Waals surface area contributed by atoms with Crippen LogP contribution in [0.4, 0.5) is 5.69 Å². The first kappa shape index (κ1) is 15.6. The highest BCUT2D eigenvalue weighted by Crippen LogP contribution is 2.56. The summed E-state index contributed by atoms with van der Waals surface area (Å²) in [6.07, 6.45) is 3.26. The highest BCUT2D eigenvalue weighted by molar-refractivity contribution is 6.22. The molecule has 3 fully saturated rings. The summed E-state index contributed by atoms with van der Waals surface area (Å²) in [5, 5.41) is 0. The molecule has 2 saturated carbocycles. The fraction of sp³-hybridized carbons (Fsp3) is 0.364. The molecule has 2 bridgehead atoms. The zero-order valence-corrected chi connectivity index (χ0v) is 14.7. The highest BCUT2D eigenvalue weighted by atomic mass is 16.5. The third-order valence-corrected chi connectivity index (χ3v) is 6.25. The second-order valence-corrected chi connectivity index (χ2v) is 7.81. The first-order valence-electron chi connectivity index (χ1n) is 9.34. The lowest BCUT2D eigenvalue weighted by Gasteiger charge is -2.19. The minimum Gasteiger partial charge on any atom is -0.457 e. The van der Waals surface area contributed by atoms with Gasteiger partial charge in [-0.15, -0.1) is 0 Å². The van der Waals surface area contributed by atoms with E-state index in [2.05, 4.69) is 0 Å². The number of aryl methyl sites for hydroxylation is 1. The summed E-state index contributed by atoms with van der Waals surface area (Å²) < 4.78 is 5.86. The van der Waals surface area contributed by atoms with E-state index in [0.717, 1.165) is 30.6 Å². The minimum absolute atomic E-state index is 0.000414. The van der Waals surface area contributed by atoms with E-state index in [1.165, 1.54) is 4.90 Å². The number of rotatable bonds is 3. The molecule has 2 amide bonds. The Morgan fingerprint density at radius 1 is 0.885 bits per heavy atom. The van der Waals surface area contributed by atoms with Crippen molar-refractivity contribution in [3.8, 4) is 11.5 Å². The lowest BCUT2D eigenvalue weighted by molar-refractivity contribution is -0.123. The van der Waals surface area contributed by atoms with Gasteiger partial charge < -0.3 is 4.74 Å². The summed E-state index contributed by atoms with van der Waals surface area (Å²) in [6.45, 7) is 2.02. The van der Waals surface area contributed by atoms with E-state index in [1.807, 2.05) is 55.5 Å². The molecule has 1 heterocycles. The van der Waals surface area contributed by atoms with Crippen LogP contribution in [0.1, 0.15) is 24.8 Å². The molecule has 26 heavy (non-hydrogen) atoms. The topological polar surface area (TPSA) is 46.6 Å². The van der Waals surface area contributed by atoms with Crippen molar-refractivity contribution in [3.05, 3.63) is 54.1 Å². The highest BCUT2D eigenvalue weighted by Gasteiger charge is 2.61. The number of imide groups is 1. The summed E-state index contributed by atoms with van der Waals surface area (Å²) in [5.41, 5.74) is 1.79. The molecule has 3 aliphatic rings. The van der Waals surface area contributed by atoms with Crippen molar-refractivity contribution in [1.82, 2.24) is 0 Å². The number of carbonyl (C=O) groups is 2. The molecule has 4 nitrogen and oxygen atoms in total. The van der Waals surface area contributed by atoms with Gasteiger partial charge in [0, 0.05) is 0 Å². The lowest BCUT2D eigenvalue weighted by atomic mass is 9.81. The number of benzene rings is 2. The first-order chi connectivity index (χ1) is 12.6. The molecule has 4 atom stereocenters. The zero-order chi connectivity index (χ0) is 17.8. The Morgan fingerprint density at radius 3 is 2.15 bits per heavy atom. The summed E-state index contributed by atoms with van der Waals surface area (Å²) in [4.78, 5) is 27.2. The Kier molecular flexibility index (Phi) is 3.42. The van der Waals surface area contributed by atoms with Gasteiger partial charge in [0.05, 0.1) is 17.5 Å². The van der Waals surface area contributed by atoms with Gasteiger partial charge in [0.1, 0.15) is 11.5 Å². The monoisotopic (exact) mass is 347 g/mol. The van der Waals surface area contributed by atoms with Crippen molar-refractivity contribution in [3.63, 3.8) is 0 Å². The SMILES string of the molecule is Cc1cccc(Oc2ccc(N3C(=O)[C@@H]4[C@@H]5CC[C@@H](C5)[C@@H]4C3=O)cc2)c1. The standard InChI is InChI=1S/C22H21NO3/c1-13-3-2-4-18(11-13)26-17-9-7-16(8-10-17)23-21(24)19-14-5-6-15(12-14)20(19)22(23)25/h2-4,7-11,14-15,19-20H,5-6,12H2,1H3/t14-,15+,19-,20+. The van der Waals surface area contributed by atoms with Crippen LogP contribution in [-0.4, -0.2) is 11.8 Å². The fourth-order valence-corrected chi connectivity index (χ4v) is 5.14. The predicted octanol–water partition coefficient (Wildman–Crippen LogP) is 4.32. The Balaban J connectivity index is 1.38. The second kappa shape index (κ2) is 5.70. The van der Waals surface area contributed by atoms with Crippen molar-refractivity contribution < 1.29 is 14.3 Å². The van der Waals surface area contributed by atoms with Crippen LogP contribution in [0.5, 0.6) is 11.5 Å². The van der Waals surface area contributed by atoms with Gasteiger partial charge in [0.25, 0.3) is 0 Å². The maximum Gasteiger partial charge on any atom is 0.237 e. The Labute approximate surface area is 152 Å². The molecule has 0 unspecified atom stereocenters. The van der Waals surface area contributed by atoms with E-state index in [4.69, 9.17) is 4.74 Å². The molecule has 1 saturated heterocycles. The molecule has 2 aliphatic carbocycles. The van der Waals surface area contributed by atoms with Crippen molar-refractivity contribution in [2.24, 2.45) is 23.7 Å². The molecular formula is C22H21NO3. The minimum atomic E-state index is -0.0792. The van der Waals surface area contributed by atoms with E-state index in [0.29, 0.717) is 23.3 Å². The van der Waals surface area contributed by atoms with E-state index in [9.17, 15) is 9.59 Å². The number of hydrogen-bond acceptors (Lipinski definition) is 3. The number of hydrogen-bond donors (Lipinski definition) is 0. The lowest BCUT2D eigenvalue weighted by Crippen LogP contribution is -2.32. The maximum absolute atomic E-state index is 12.9. The maximum atomic E-state index is 12.9. The molecule has 2 aromatic rings. The first-order valence-corrected chi connectivity index (χ1v) is 9.34. The van der Waals surface area contributed by atoms with Gasteiger partial charge in [-0.2, -0.15) is 0 Å². The van der Waals surface area contributed by atoms with E-state index in [1.54, 1.807) is 0 Å². The molecule has 0 spiro atoms. The van der Waals surface area contributed by atoms with Gasteiger partial charge in [-0.1, -0.05) is 12.1 Å². The molecule has 1 aliphatic heterocycles. The molecular weight excluding hydrogens is 326 g/mol. The molecule has 0 radical (unpaired) electrons. The average Bonchev–Trinajstić information content (AvgIpc) is 3.30. The second-order valence-electron chi connectivity index (χ2n) is 7.81. The number of carbonyl (C=O) groups excluding carboxylic acids is 2. The van der Waals surface area contributed by atoms with Crippen LogP contribution in [0.15, 0.2) is 48.5 Å². The van der Waals surface area contributed by atoms with E-state index in [-0.39, 0.29) is 23.7 Å². The van der Waals surface area contributed by atoms with Crippen LogP contribution in [0.2, 0.25) is 0 Å². The zero-order valence-electron chi connectivity index (χ0n) is 14.7. The number of amides is 2. The summed E-state index contributed by atoms with van der Waals surface area (Å²) >= 11 is 0. The van der Waals surface area contributed by atoms with Gasteiger partial charge in [-0.05, 0) is 80.0 Å². The third-order valence-electron chi connectivity index (χ3n) is 6.25. The molecule has 132 valence electrons. The Bertz CT molecular complexity index is 861. The number of anilines is 1. The van der Waals surface area contributed by atoms with E-state index < -0.39 is 0 Å². The van der Waals surface area contributed by atoms with Crippen LogP contribution < -0.4 is 9.64 Å². The fourth-order valence-electron chi connectivity index (χ4n) is 5.14. The van der Waals surface area contributed by atoms with Gasteiger partial charge in [-0.25, -0.2) is 0 Å². The van der Waals surface area contributed by atoms with Gasteiger partial charge in [-0.3, -0.25) is 14.5 Å². The van der Waals surface area contributed by atoms with Crippen LogP contribution in [0.3, 0.4) is 0 Å². The molecule has 4 heteroatoms. The van der Waals surface area contributed by atoms with Crippen molar-refractivity contribution in [1.29, 1.82) is 0 Å². The van der Waals surface area contributed by atoms with Crippen LogP contribution in [0, 0.1) is 30.6 Å². The Morgan fingerprint density at radius 2 is 1.54 bits per heavy atom. The van der Waals surface area contributed by atoms with Crippen LogP contribution >= 0.6 is 0 Å². The largest absolute Gasteiger partial charge is 0.457 e. The summed E-state index contributed by atoms with van der Waals surface area (Å²) in [5.74, 6) is 2.13. The third kappa shape index (κ3) is 2.28. The van der Waals surface area contributed by atoms with Gasteiger partial charge in [0.15, 0.2) is 0 Å². The van der Waals surface area contributed by atoms with E-state index >= 15 is 0 Å². The van der Waals surface area contributed by atoms with Gasteiger partial charge >= 0.3 is 0 Å². The average molecular weight is 347 g/mol. The molecule has 0 aromatic heterocycles. The normalized spacial score (nSPS) is 29.3. The number of nitrogens with zero attached hydrogens (tertiary/aromatic N) is 1. The molecule has 5 rings (SSSR count). The predicted molar refractivity (Wildman–Crippen MR) is 98.0 cm³/mol. The molecule has 0 N–H and O–H groups in total. The number of ether oxygens (including phenoxy) is 1. The smallest absolute Gasteiger partial charge is 0.237 e. The quantitative estimate of drug-likeness (QED) is 0.777.